The minimum atomic E-state index is -2.37. The summed E-state index contributed by atoms with van der Waals surface area (Å²) in [6.45, 7) is 0.519. The minimum Gasteiger partial charge on any atom is -0.510 e. The molecule has 1 aromatic heterocycles. The molecule has 11 heteroatoms. The lowest BCUT2D eigenvalue weighted by atomic mass is 9.60. The number of epoxide rings is 1. The highest BCUT2D eigenvalue weighted by Gasteiger charge is 2.84. The summed E-state index contributed by atoms with van der Waals surface area (Å²) in [5.74, 6) is -5.70. The van der Waals surface area contributed by atoms with Gasteiger partial charge in [0, 0.05) is 17.1 Å². The number of allylic oxidation sites excluding steroid dienone is 1. The lowest BCUT2D eigenvalue weighted by molar-refractivity contribution is -0.117. The maximum Gasteiger partial charge on any atom is 0.253 e. The van der Waals surface area contributed by atoms with Gasteiger partial charge in [0.2, 0.25) is 5.79 Å². The number of ether oxygens (including phenoxy) is 1. The van der Waals surface area contributed by atoms with E-state index < -0.39 is 58.0 Å². The number of hydrogen-bond donors (Lipinski definition) is 6. The van der Waals surface area contributed by atoms with E-state index in [1.807, 2.05) is 6.07 Å². The number of Topliss-reactive ketones (excluding diaryl/α,β-unsaturated/α-hetero) is 1. The molecule has 7 N–H and O–H groups in total. The Morgan fingerprint density at radius 3 is 2.66 bits per heavy atom. The number of aliphatic hydroxyl groups is 3. The van der Waals surface area contributed by atoms with E-state index >= 15 is 0 Å². The standard InChI is InChI=1S/C27H29N3O8/c1-29-9-13-6-12(10-37-13)14-4-5-17(31)19-15(14)7-11-8-16-21(30(2)3)23(33)20(25(28)35)27(36)26(16,38-27)24(34)18(11)22(19)32/h4-6,10-11,16,21,29,31,33-34,36H,7-9H2,1-3H3,(H2,28,35)/t11-,16-,21-,26-,27?/m0/s1. The molecular weight excluding hydrogens is 494 g/mol. The van der Waals surface area contributed by atoms with E-state index in [2.05, 4.69) is 5.32 Å². The molecule has 1 saturated heterocycles. The molecule has 1 unspecified atom stereocenters. The first kappa shape index (κ1) is 24.7. The highest BCUT2D eigenvalue weighted by atomic mass is 16.8. The van der Waals surface area contributed by atoms with Gasteiger partial charge >= 0.3 is 0 Å². The van der Waals surface area contributed by atoms with Crippen LogP contribution in [0.4, 0.5) is 0 Å². The average Bonchev–Trinajstić information content (AvgIpc) is 3.21. The number of fused-ring (bicyclic) bond motifs is 2. The van der Waals surface area contributed by atoms with Crippen molar-refractivity contribution in [3.63, 3.8) is 0 Å². The molecular formula is C27H29N3O8. The van der Waals surface area contributed by atoms with Gasteiger partial charge in [0.05, 0.1) is 24.4 Å². The van der Waals surface area contributed by atoms with Crippen molar-refractivity contribution in [2.24, 2.45) is 17.6 Å². The zero-order valence-corrected chi connectivity index (χ0v) is 21.1. The van der Waals surface area contributed by atoms with Crippen LogP contribution in [-0.4, -0.2) is 75.6 Å². The molecule has 3 aliphatic carbocycles. The molecule has 5 atom stereocenters. The van der Waals surface area contributed by atoms with Gasteiger partial charge in [-0.1, -0.05) is 6.07 Å². The highest BCUT2D eigenvalue weighted by molar-refractivity contribution is 6.14. The van der Waals surface area contributed by atoms with Crippen molar-refractivity contribution in [3.05, 3.63) is 64.0 Å². The Hall–Kier alpha value is -3.64. The average molecular weight is 524 g/mol. The maximum atomic E-state index is 13.9. The van der Waals surface area contributed by atoms with Gasteiger partial charge in [0.15, 0.2) is 11.4 Å². The molecule has 1 aliphatic heterocycles. The summed E-state index contributed by atoms with van der Waals surface area (Å²) in [4.78, 5) is 27.8. The number of furan rings is 1. The lowest BCUT2D eigenvalue weighted by Crippen LogP contribution is -2.57. The van der Waals surface area contributed by atoms with Crippen molar-refractivity contribution in [1.29, 1.82) is 0 Å². The monoisotopic (exact) mass is 523 g/mol. The van der Waals surface area contributed by atoms with Crippen LogP contribution in [0.2, 0.25) is 0 Å². The molecule has 11 nitrogen and oxygen atoms in total. The van der Waals surface area contributed by atoms with Crippen LogP contribution in [0.25, 0.3) is 11.1 Å². The van der Waals surface area contributed by atoms with Gasteiger partial charge in [0.1, 0.15) is 28.6 Å². The third-order valence-electron chi connectivity index (χ3n) is 8.43. The molecule has 6 rings (SSSR count). The second kappa shape index (κ2) is 7.93. The van der Waals surface area contributed by atoms with E-state index in [4.69, 9.17) is 14.9 Å². The Morgan fingerprint density at radius 1 is 1.26 bits per heavy atom. The first-order valence-corrected chi connectivity index (χ1v) is 12.4. The summed E-state index contributed by atoms with van der Waals surface area (Å²) in [6.07, 6.45) is 2.14. The SMILES string of the molecule is CNCc1cc(-c2ccc(O)c3c2C[C@H]2C[C@H]4[C@H](N(C)C)C(O)=C(C(N)=O)C5(O)O[C@]45C(O)=C2C3=O)co1. The first-order chi connectivity index (χ1) is 18.0. The number of rotatable bonds is 5. The van der Waals surface area contributed by atoms with Crippen LogP contribution in [0.5, 0.6) is 5.75 Å². The number of phenols is 1. The van der Waals surface area contributed by atoms with Crippen molar-refractivity contribution in [2.45, 2.75) is 36.8 Å². The van der Waals surface area contributed by atoms with Gasteiger partial charge in [0.25, 0.3) is 5.91 Å². The maximum absolute atomic E-state index is 13.9. The highest BCUT2D eigenvalue weighted by Crippen LogP contribution is 2.68. The van der Waals surface area contributed by atoms with Gasteiger partial charge in [-0.2, -0.15) is 0 Å². The topological polar surface area (TPSA) is 182 Å². The molecule has 2 aromatic rings. The summed E-state index contributed by atoms with van der Waals surface area (Å²) in [6, 6.07) is 4.20. The summed E-state index contributed by atoms with van der Waals surface area (Å²) in [5, 5.41) is 47.7. The predicted molar refractivity (Wildman–Crippen MR) is 133 cm³/mol. The van der Waals surface area contributed by atoms with Crippen LogP contribution in [0.3, 0.4) is 0 Å². The number of primary amides is 1. The van der Waals surface area contributed by atoms with E-state index in [-0.39, 0.29) is 23.3 Å². The van der Waals surface area contributed by atoms with Gasteiger partial charge in [-0.15, -0.1) is 0 Å². The normalized spacial score (nSPS) is 31.6. The summed E-state index contributed by atoms with van der Waals surface area (Å²) >= 11 is 0. The van der Waals surface area contributed by atoms with E-state index in [0.717, 1.165) is 11.1 Å². The predicted octanol–water partition coefficient (Wildman–Crippen LogP) is 1.26. The molecule has 2 heterocycles. The third kappa shape index (κ3) is 2.92. The number of nitrogens with zero attached hydrogens (tertiary/aromatic N) is 1. The molecule has 1 amide bonds. The number of hydrogen-bond acceptors (Lipinski definition) is 10. The zero-order chi connectivity index (χ0) is 27.3. The molecule has 1 fully saturated rings. The minimum absolute atomic E-state index is 0.0166. The van der Waals surface area contributed by atoms with Crippen molar-refractivity contribution < 1.29 is 39.2 Å². The number of carbonyl (C=O) groups excluding carboxylic acids is 2. The van der Waals surface area contributed by atoms with E-state index in [0.29, 0.717) is 24.3 Å². The van der Waals surface area contributed by atoms with E-state index in [1.165, 1.54) is 6.07 Å². The Morgan fingerprint density at radius 2 is 2.00 bits per heavy atom. The summed E-state index contributed by atoms with van der Waals surface area (Å²) in [7, 11) is 5.18. The van der Waals surface area contributed by atoms with Crippen LogP contribution >= 0.6 is 0 Å². The number of benzene rings is 1. The number of phenolic OH excluding ortho intramolecular Hbond substituents is 1. The fourth-order valence-electron chi connectivity index (χ4n) is 6.92. The zero-order valence-electron chi connectivity index (χ0n) is 21.1. The number of ketones is 1. The van der Waals surface area contributed by atoms with Gasteiger partial charge in [-0.3, -0.25) is 14.5 Å². The van der Waals surface area contributed by atoms with Crippen LogP contribution in [0, 0.1) is 11.8 Å². The molecule has 1 aromatic carbocycles. The van der Waals surface area contributed by atoms with Crippen molar-refractivity contribution in [1.82, 2.24) is 10.2 Å². The van der Waals surface area contributed by atoms with Gasteiger partial charge in [-0.05, 0) is 63.2 Å². The fraction of sp³-hybridized carbons (Fsp3) is 0.407. The smallest absolute Gasteiger partial charge is 0.253 e. The number of aromatic hydroxyl groups is 1. The van der Waals surface area contributed by atoms with Crippen molar-refractivity contribution in [3.8, 4) is 16.9 Å². The van der Waals surface area contributed by atoms with Crippen LogP contribution in [-0.2, 0) is 22.5 Å². The number of nitrogens with two attached hydrogens (primary N) is 1. The largest absolute Gasteiger partial charge is 0.510 e. The molecule has 200 valence electrons. The second-order valence-electron chi connectivity index (χ2n) is 10.7. The molecule has 0 saturated carbocycles. The van der Waals surface area contributed by atoms with Crippen LogP contribution < -0.4 is 11.1 Å². The van der Waals surface area contributed by atoms with Crippen molar-refractivity contribution >= 4 is 11.7 Å². The molecule has 4 aliphatic rings. The molecule has 0 bridgehead atoms. The van der Waals surface area contributed by atoms with Crippen LogP contribution in [0.1, 0.15) is 28.1 Å². The Kier molecular flexibility index (Phi) is 5.15. The number of nitrogens with one attached hydrogen (secondary N) is 1. The van der Waals surface area contributed by atoms with Gasteiger partial charge < -0.3 is 40.6 Å². The van der Waals surface area contributed by atoms with Gasteiger partial charge in [-0.25, -0.2) is 0 Å². The Bertz CT molecular complexity index is 1470. The van der Waals surface area contributed by atoms with Crippen LogP contribution in [0.15, 0.2) is 51.5 Å². The van der Waals surface area contributed by atoms with E-state index in [1.54, 1.807) is 38.4 Å². The fourth-order valence-corrected chi connectivity index (χ4v) is 6.92. The lowest BCUT2D eigenvalue weighted by Gasteiger charge is -2.45. The number of aliphatic hydroxyl groups excluding tert-OH is 2. The third-order valence-corrected chi connectivity index (χ3v) is 8.43. The number of carbonyl (C=O) groups is 2. The van der Waals surface area contributed by atoms with E-state index in [9.17, 15) is 30.0 Å². The summed E-state index contributed by atoms with van der Waals surface area (Å²) in [5.41, 5.74) is 5.30. The van der Waals surface area contributed by atoms with Crippen molar-refractivity contribution in [2.75, 3.05) is 21.1 Å². The Balaban J connectivity index is 1.52. The number of likely N-dealkylation sites (N-methyl/N-ethyl adjacent to an activating group) is 1. The first-order valence-electron chi connectivity index (χ1n) is 12.4. The second-order valence-corrected chi connectivity index (χ2v) is 10.7. The Labute approximate surface area is 217 Å². The molecule has 38 heavy (non-hydrogen) atoms. The molecule has 0 radical (unpaired) electrons. The summed E-state index contributed by atoms with van der Waals surface area (Å²) < 4.78 is 11.3. The number of amides is 1. The quantitative estimate of drug-likeness (QED) is 0.312. The molecule has 1 spiro atoms.